The van der Waals surface area contributed by atoms with Gasteiger partial charge in [-0.1, -0.05) is 17.7 Å². The molecule has 3 rings (SSSR count). The van der Waals surface area contributed by atoms with Crippen LogP contribution in [0.25, 0.3) is 5.57 Å². The molecule has 1 fully saturated rings. The summed E-state index contributed by atoms with van der Waals surface area (Å²) in [5.74, 6) is 0.837. The van der Waals surface area contributed by atoms with Gasteiger partial charge >= 0.3 is 0 Å². The molecule has 0 spiro atoms. The zero-order chi connectivity index (χ0) is 12.5. The number of rotatable bonds is 1. The number of nitrogens with zero attached hydrogens (tertiary/aromatic N) is 1. The molecular formula is C15H19ClN2. The van der Waals surface area contributed by atoms with E-state index in [0.717, 1.165) is 17.9 Å². The number of pyridine rings is 1. The predicted molar refractivity (Wildman–Crippen MR) is 75.7 cm³/mol. The standard InChI is InChI=1S/C15H19ClN2/c1-10-7-13(9-18-15(10)16)12-5-4-11-3-2-6-17-14(11)8-12/h5,7,9,11,14,17H,2-4,6,8H2,1H3. The van der Waals surface area contributed by atoms with E-state index in [9.17, 15) is 0 Å². The molecule has 1 aromatic rings. The quantitative estimate of drug-likeness (QED) is 0.783. The summed E-state index contributed by atoms with van der Waals surface area (Å²) in [5.41, 5.74) is 3.73. The molecule has 0 amide bonds. The van der Waals surface area contributed by atoms with Crippen LogP contribution in [0.2, 0.25) is 5.15 Å². The van der Waals surface area contributed by atoms with E-state index < -0.39 is 0 Å². The van der Waals surface area contributed by atoms with Crippen LogP contribution in [0.1, 0.15) is 36.8 Å². The summed E-state index contributed by atoms with van der Waals surface area (Å²) in [6.07, 6.45) is 9.34. The third kappa shape index (κ3) is 2.32. The van der Waals surface area contributed by atoms with Crippen molar-refractivity contribution in [2.75, 3.05) is 6.54 Å². The number of halogens is 1. The van der Waals surface area contributed by atoms with E-state index in [1.165, 1.54) is 36.9 Å². The Bertz CT molecular complexity index is 481. The highest BCUT2D eigenvalue weighted by molar-refractivity contribution is 6.30. The van der Waals surface area contributed by atoms with Crippen LogP contribution in [0.3, 0.4) is 0 Å². The van der Waals surface area contributed by atoms with Gasteiger partial charge in [-0.25, -0.2) is 4.98 Å². The Morgan fingerprint density at radius 3 is 3.17 bits per heavy atom. The second-order valence-electron chi connectivity index (χ2n) is 5.46. The van der Waals surface area contributed by atoms with Crippen molar-refractivity contribution in [3.05, 3.63) is 34.6 Å². The van der Waals surface area contributed by atoms with Crippen molar-refractivity contribution in [3.8, 4) is 0 Å². The lowest BCUT2D eigenvalue weighted by atomic mass is 9.78. The first-order chi connectivity index (χ1) is 8.74. The van der Waals surface area contributed by atoms with Crippen LogP contribution >= 0.6 is 11.6 Å². The Morgan fingerprint density at radius 1 is 1.44 bits per heavy atom. The fraction of sp³-hybridized carbons (Fsp3) is 0.533. The van der Waals surface area contributed by atoms with Crippen molar-refractivity contribution >= 4 is 17.2 Å². The van der Waals surface area contributed by atoms with Crippen molar-refractivity contribution in [3.63, 3.8) is 0 Å². The largest absolute Gasteiger partial charge is 0.313 e. The lowest BCUT2D eigenvalue weighted by molar-refractivity contribution is 0.278. The minimum absolute atomic E-state index is 0.615. The smallest absolute Gasteiger partial charge is 0.131 e. The van der Waals surface area contributed by atoms with Gasteiger partial charge in [0.05, 0.1) is 0 Å². The lowest BCUT2D eigenvalue weighted by Gasteiger charge is -2.36. The van der Waals surface area contributed by atoms with Gasteiger partial charge in [-0.2, -0.15) is 0 Å². The molecule has 1 aliphatic heterocycles. The van der Waals surface area contributed by atoms with Gasteiger partial charge in [-0.05, 0) is 67.8 Å². The van der Waals surface area contributed by atoms with Crippen LogP contribution in [0.5, 0.6) is 0 Å². The molecule has 2 nitrogen and oxygen atoms in total. The van der Waals surface area contributed by atoms with Crippen LogP contribution in [0, 0.1) is 12.8 Å². The van der Waals surface area contributed by atoms with Gasteiger partial charge in [0, 0.05) is 12.2 Å². The fourth-order valence-corrected chi connectivity index (χ4v) is 3.23. The maximum atomic E-state index is 5.99. The van der Waals surface area contributed by atoms with Crippen LogP contribution in [0.15, 0.2) is 18.3 Å². The second-order valence-corrected chi connectivity index (χ2v) is 5.82. The highest BCUT2D eigenvalue weighted by Gasteiger charge is 2.28. The molecule has 2 atom stereocenters. The Balaban J connectivity index is 1.84. The maximum absolute atomic E-state index is 5.99. The van der Waals surface area contributed by atoms with Crippen LogP contribution in [-0.2, 0) is 0 Å². The van der Waals surface area contributed by atoms with Crippen LogP contribution in [0.4, 0.5) is 0 Å². The number of aromatic nitrogens is 1. The average Bonchev–Trinajstić information content (AvgIpc) is 2.41. The summed E-state index contributed by atoms with van der Waals surface area (Å²) >= 11 is 5.99. The number of hydrogen-bond acceptors (Lipinski definition) is 2. The normalized spacial score (nSPS) is 27.6. The molecule has 0 aromatic carbocycles. The third-order valence-corrected chi connectivity index (χ3v) is 4.61. The summed E-state index contributed by atoms with van der Waals surface area (Å²) in [6, 6.07) is 2.82. The highest BCUT2D eigenvalue weighted by atomic mass is 35.5. The number of hydrogen-bond donors (Lipinski definition) is 1. The molecule has 1 saturated heterocycles. The van der Waals surface area contributed by atoms with E-state index in [0.29, 0.717) is 11.2 Å². The number of piperidine rings is 1. The molecule has 3 heteroatoms. The molecule has 2 heterocycles. The van der Waals surface area contributed by atoms with Crippen molar-refractivity contribution in [1.29, 1.82) is 0 Å². The maximum Gasteiger partial charge on any atom is 0.131 e. The molecule has 1 aromatic heterocycles. The summed E-state index contributed by atoms with van der Waals surface area (Å²) in [7, 11) is 0. The van der Waals surface area contributed by atoms with Gasteiger partial charge in [0.1, 0.15) is 5.15 Å². The third-order valence-electron chi connectivity index (χ3n) is 4.22. The van der Waals surface area contributed by atoms with E-state index in [-0.39, 0.29) is 0 Å². The molecule has 0 saturated carbocycles. The summed E-state index contributed by atoms with van der Waals surface area (Å²) in [6.45, 7) is 3.19. The molecule has 2 unspecified atom stereocenters. The van der Waals surface area contributed by atoms with E-state index in [4.69, 9.17) is 11.6 Å². The minimum Gasteiger partial charge on any atom is -0.313 e. The minimum atomic E-state index is 0.615. The van der Waals surface area contributed by atoms with Gasteiger partial charge < -0.3 is 5.32 Å². The summed E-state index contributed by atoms with van der Waals surface area (Å²) < 4.78 is 0. The predicted octanol–water partition coefficient (Wildman–Crippen LogP) is 3.59. The molecular weight excluding hydrogens is 244 g/mol. The van der Waals surface area contributed by atoms with E-state index >= 15 is 0 Å². The van der Waals surface area contributed by atoms with Crippen molar-refractivity contribution in [1.82, 2.24) is 10.3 Å². The first kappa shape index (κ1) is 12.2. The van der Waals surface area contributed by atoms with Crippen molar-refractivity contribution in [2.24, 2.45) is 5.92 Å². The van der Waals surface area contributed by atoms with Gasteiger partial charge in [0.2, 0.25) is 0 Å². The van der Waals surface area contributed by atoms with E-state index in [1.807, 2.05) is 13.1 Å². The van der Waals surface area contributed by atoms with E-state index in [2.05, 4.69) is 22.4 Å². The number of aryl methyl sites for hydroxylation is 1. The molecule has 2 aliphatic rings. The number of allylic oxidation sites excluding steroid dienone is 1. The fourth-order valence-electron chi connectivity index (χ4n) is 3.12. The van der Waals surface area contributed by atoms with E-state index in [1.54, 1.807) is 0 Å². The van der Waals surface area contributed by atoms with Crippen molar-refractivity contribution < 1.29 is 0 Å². The van der Waals surface area contributed by atoms with Gasteiger partial charge in [-0.3, -0.25) is 0 Å². The molecule has 1 aliphatic carbocycles. The number of fused-ring (bicyclic) bond motifs is 1. The Kier molecular flexibility index (Phi) is 3.40. The number of nitrogens with one attached hydrogen (secondary N) is 1. The first-order valence-electron chi connectivity index (χ1n) is 6.79. The van der Waals surface area contributed by atoms with Gasteiger partial charge in [0.25, 0.3) is 0 Å². The Labute approximate surface area is 113 Å². The molecule has 96 valence electrons. The van der Waals surface area contributed by atoms with Gasteiger partial charge in [-0.15, -0.1) is 0 Å². The first-order valence-corrected chi connectivity index (χ1v) is 7.17. The summed E-state index contributed by atoms with van der Waals surface area (Å²) in [5, 5.41) is 4.27. The lowest BCUT2D eigenvalue weighted by Crippen LogP contribution is -2.42. The average molecular weight is 263 g/mol. The molecule has 18 heavy (non-hydrogen) atoms. The molecule has 0 radical (unpaired) electrons. The Hall–Kier alpha value is -0.860. The highest BCUT2D eigenvalue weighted by Crippen LogP contribution is 2.34. The topological polar surface area (TPSA) is 24.9 Å². The zero-order valence-corrected chi connectivity index (χ0v) is 11.5. The van der Waals surface area contributed by atoms with Crippen LogP contribution in [-0.4, -0.2) is 17.6 Å². The second kappa shape index (κ2) is 5.02. The van der Waals surface area contributed by atoms with Crippen molar-refractivity contribution in [2.45, 2.75) is 38.6 Å². The van der Waals surface area contributed by atoms with Crippen LogP contribution < -0.4 is 5.32 Å². The monoisotopic (exact) mass is 262 g/mol. The molecule has 0 bridgehead atoms. The Morgan fingerprint density at radius 2 is 2.33 bits per heavy atom. The SMILES string of the molecule is Cc1cc(C2=CCC3CCCNC3C2)cnc1Cl. The van der Waals surface area contributed by atoms with Gasteiger partial charge in [0.15, 0.2) is 0 Å². The zero-order valence-electron chi connectivity index (χ0n) is 10.7. The molecule has 1 N–H and O–H groups in total. The summed E-state index contributed by atoms with van der Waals surface area (Å²) in [4.78, 5) is 4.26.